The van der Waals surface area contributed by atoms with Gasteiger partial charge in [-0.25, -0.2) is 0 Å². The van der Waals surface area contributed by atoms with Crippen molar-refractivity contribution in [2.24, 2.45) is 0 Å². The first-order chi connectivity index (χ1) is 15.2. The van der Waals surface area contributed by atoms with E-state index in [2.05, 4.69) is 42.5 Å². The molecule has 0 radical (unpaired) electrons. The molecule has 1 unspecified atom stereocenters. The number of hydrogen-bond donors (Lipinski definition) is 0. The Morgan fingerprint density at radius 1 is 0.581 bits per heavy atom. The van der Waals surface area contributed by atoms with Gasteiger partial charge in [0, 0.05) is 26.7 Å². The van der Waals surface area contributed by atoms with E-state index in [0.29, 0.717) is 0 Å². The molecule has 0 spiro atoms. The third kappa shape index (κ3) is 2.15. The minimum absolute atomic E-state index is 0.834. The van der Waals surface area contributed by atoms with E-state index in [0.717, 1.165) is 59.8 Å². The number of fused-ring (bicyclic) bond motifs is 8. The molecule has 31 heavy (non-hydrogen) atoms. The molecule has 2 nitrogen and oxygen atoms in total. The summed E-state index contributed by atoms with van der Waals surface area (Å²) in [5, 5.41) is 6.97. The lowest BCUT2D eigenvalue weighted by Gasteiger charge is -2.17. The van der Waals surface area contributed by atoms with Gasteiger partial charge in [-0.2, -0.15) is 0 Å². The van der Waals surface area contributed by atoms with E-state index in [9.17, 15) is 0 Å². The summed E-state index contributed by atoms with van der Waals surface area (Å²) in [6.45, 7) is 0. The molecular formula is C28H17O2P. The lowest BCUT2D eigenvalue weighted by atomic mass is 10.0. The molecule has 0 saturated heterocycles. The van der Waals surface area contributed by atoms with Gasteiger partial charge < -0.3 is 8.98 Å². The average molecular weight is 416 g/mol. The Hall–Kier alpha value is -3.61. The maximum Gasteiger partial charge on any atom is 0.172 e. The summed E-state index contributed by atoms with van der Waals surface area (Å²) in [4.78, 5) is 0. The Labute approximate surface area is 179 Å². The van der Waals surface area contributed by atoms with Crippen molar-refractivity contribution in [1.29, 1.82) is 0 Å². The van der Waals surface area contributed by atoms with E-state index in [1.807, 2.05) is 60.7 Å². The molecule has 0 bridgehead atoms. The minimum Gasteiger partial charge on any atom is -0.456 e. The Morgan fingerprint density at radius 3 is 2.19 bits per heavy atom. The smallest absolute Gasteiger partial charge is 0.172 e. The average Bonchev–Trinajstić information content (AvgIpc) is 3.32. The fourth-order valence-electron chi connectivity index (χ4n) is 5.07. The van der Waals surface area contributed by atoms with Crippen LogP contribution in [0, 0.1) is 0 Å². The second-order valence-electron chi connectivity index (χ2n) is 8.09. The number of benzene rings is 5. The standard InChI is InChI=1S/C28H17O2P/c29-31(19-9-2-1-3-10-19)27-17-23-21-12-6-7-13-25(21)30-26(23)16-24(27)22-15-14-18-8-4-5-11-20(18)28(22)31/h1-17H. The molecule has 1 atom stereocenters. The van der Waals surface area contributed by atoms with Gasteiger partial charge in [-0.1, -0.05) is 84.9 Å². The predicted octanol–water partition coefficient (Wildman–Crippen LogP) is 6.36. The van der Waals surface area contributed by atoms with Crippen LogP contribution in [0.5, 0.6) is 0 Å². The Kier molecular flexibility index (Phi) is 3.29. The summed E-state index contributed by atoms with van der Waals surface area (Å²) >= 11 is 0. The lowest BCUT2D eigenvalue weighted by molar-refractivity contribution is 0.593. The third-order valence-corrected chi connectivity index (χ3v) is 9.65. The van der Waals surface area contributed by atoms with Gasteiger partial charge in [0.15, 0.2) is 7.14 Å². The Bertz CT molecular complexity index is 1710. The van der Waals surface area contributed by atoms with Crippen molar-refractivity contribution in [3.05, 3.63) is 103 Å². The highest BCUT2D eigenvalue weighted by Crippen LogP contribution is 2.54. The summed E-state index contributed by atoms with van der Waals surface area (Å²) in [5.41, 5.74) is 3.75. The second-order valence-corrected chi connectivity index (χ2v) is 10.8. The maximum absolute atomic E-state index is 15.1. The molecule has 2 heterocycles. The van der Waals surface area contributed by atoms with E-state index < -0.39 is 7.14 Å². The van der Waals surface area contributed by atoms with Gasteiger partial charge in [0.1, 0.15) is 11.2 Å². The summed E-state index contributed by atoms with van der Waals surface area (Å²) in [5.74, 6) is 0. The van der Waals surface area contributed by atoms with Crippen LogP contribution < -0.4 is 15.9 Å². The summed E-state index contributed by atoms with van der Waals surface area (Å²) in [6, 6.07) is 34.7. The molecule has 0 amide bonds. The SMILES string of the molecule is O=P1(c2ccccc2)c2cc3c(cc2-c2ccc4ccccc4c21)oc1ccccc13. The topological polar surface area (TPSA) is 30.2 Å². The van der Waals surface area contributed by atoms with E-state index >= 15 is 4.57 Å². The van der Waals surface area contributed by atoms with Gasteiger partial charge in [-0.15, -0.1) is 0 Å². The number of para-hydroxylation sites is 1. The molecule has 0 saturated carbocycles. The van der Waals surface area contributed by atoms with Crippen LogP contribution in [0.15, 0.2) is 108 Å². The van der Waals surface area contributed by atoms with Crippen molar-refractivity contribution < 1.29 is 8.98 Å². The number of furan rings is 1. The zero-order valence-corrected chi connectivity index (χ0v) is 17.5. The van der Waals surface area contributed by atoms with Crippen LogP contribution in [-0.2, 0) is 4.57 Å². The highest BCUT2D eigenvalue weighted by Gasteiger charge is 2.42. The van der Waals surface area contributed by atoms with Crippen LogP contribution >= 0.6 is 7.14 Å². The van der Waals surface area contributed by atoms with Gasteiger partial charge in [-0.05, 0) is 40.1 Å². The number of hydrogen-bond acceptors (Lipinski definition) is 2. The first kappa shape index (κ1) is 17.1. The van der Waals surface area contributed by atoms with E-state index in [1.54, 1.807) is 0 Å². The van der Waals surface area contributed by atoms with Gasteiger partial charge >= 0.3 is 0 Å². The normalized spacial score (nSPS) is 17.3. The molecule has 6 aromatic rings. The van der Waals surface area contributed by atoms with Crippen molar-refractivity contribution in [1.82, 2.24) is 0 Å². The summed E-state index contributed by atoms with van der Waals surface area (Å²) < 4.78 is 21.3. The monoisotopic (exact) mass is 416 g/mol. The van der Waals surface area contributed by atoms with Crippen LogP contribution in [0.2, 0.25) is 0 Å². The fourth-order valence-corrected chi connectivity index (χ4v) is 8.36. The zero-order chi connectivity index (χ0) is 20.6. The van der Waals surface area contributed by atoms with Crippen LogP contribution in [0.1, 0.15) is 0 Å². The fraction of sp³-hybridized carbons (Fsp3) is 0. The van der Waals surface area contributed by atoms with Crippen molar-refractivity contribution in [3.8, 4) is 11.1 Å². The van der Waals surface area contributed by atoms with Crippen molar-refractivity contribution in [2.45, 2.75) is 0 Å². The molecule has 7 rings (SSSR count). The first-order valence-corrected chi connectivity index (χ1v) is 12.1. The number of rotatable bonds is 1. The minimum atomic E-state index is -3.05. The predicted molar refractivity (Wildman–Crippen MR) is 130 cm³/mol. The molecule has 0 aliphatic carbocycles. The lowest BCUT2D eigenvalue weighted by Crippen LogP contribution is -2.21. The van der Waals surface area contributed by atoms with E-state index in [1.165, 1.54) is 0 Å². The van der Waals surface area contributed by atoms with Crippen molar-refractivity contribution in [3.63, 3.8) is 0 Å². The molecule has 146 valence electrons. The molecule has 0 N–H and O–H groups in total. The molecule has 5 aromatic carbocycles. The first-order valence-electron chi connectivity index (χ1n) is 10.4. The Morgan fingerprint density at radius 2 is 1.32 bits per heavy atom. The maximum atomic E-state index is 15.1. The van der Waals surface area contributed by atoms with Gasteiger partial charge in [0.2, 0.25) is 0 Å². The second kappa shape index (κ2) is 5.97. The molecule has 1 aromatic heterocycles. The highest BCUT2D eigenvalue weighted by atomic mass is 31.2. The van der Waals surface area contributed by atoms with Crippen LogP contribution in [0.4, 0.5) is 0 Å². The summed E-state index contributed by atoms with van der Waals surface area (Å²) in [6.07, 6.45) is 0. The molecular weight excluding hydrogens is 399 g/mol. The molecule has 1 aliphatic heterocycles. The highest BCUT2D eigenvalue weighted by molar-refractivity contribution is 7.86. The van der Waals surface area contributed by atoms with Gasteiger partial charge in [-0.3, -0.25) is 0 Å². The quantitative estimate of drug-likeness (QED) is 0.292. The molecule has 0 fully saturated rings. The van der Waals surface area contributed by atoms with Crippen molar-refractivity contribution in [2.75, 3.05) is 0 Å². The summed E-state index contributed by atoms with van der Waals surface area (Å²) in [7, 11) is -3.05. The van der Waals surface area contributed by atoms with Crippen LogP contribution in [0.25, 0.3) is 43.8 Å². The van der Waals surface area contributed by atoms with Crippen molar-refractivity contribution >= 4 is 55.8 Å². The largest absolute Gasteiger partial charge is 0.456 e. The van der Waals surface area contributed by atoms with Crippen LogP contribution in [0.3, 0.4) is 0 Å². The Balaban J connectivity index is 1.69. The molecule has 1 aliphatic rings. The van der Waals surface area contributed by atoms with Crippen LogP contribution in [-0.4, -0.2) is 0 Å². The van der Waals surface area contributed by atoms with E-state index in [4.69, 9.17) is 4.42 Å². The van der Waals surface area contributed by atoms with Gasteiger partial charge in [0.05, 0.1) is 0 Å². The van der Waals surface area contributed by atoms with E-state index in [-0.39, 0.29) is 0 Å². The zero-order valence-electron chi connectivity index (χ0n) is 16.6. The third-order valence-electron chi connectivity index (χ3n) is 6.46. The van der Waals surface area contributed by atoms with Gasteiger partial charge in [0.25, 0.3) is 0 Å². The molecule has 3 heteroatoms.